The van der Waals surface area contributed by atoms with Crippen molar-refractivity contribution in [1.29, 1.82) is 0 Å². The van der Waals surface area contributed by atoms with Crippen LogP contribution in [0.1, 0.15) is 24.2 Å². The molecule has 0 aromatic carbocycles. The summed E-state index contributed by atoms with van der Waals surface area (Å²) >= 11 is 0. The first-order valence-electron chi connectivity index (χ1n) is 5.47. The second-order valence-corrected chi connectivity index (χ2v) is 4.66. The zero-order valence-corrected chi connectivity index (χ0v) is 9.40. The number of nitrogens with zero attached hydrogens (tertiary/aromatic N) is 2. The van der Waals surface area contributed by atoms with E-state index in [2.05, 4.69) is 5.10 Å². The minimum atomic E-state index is -0.722. The van der Waals surface area contributed by atoms with Gasteiger partial charge in [0, 0.05) is 25.7 Å². The Kier molecular flexibility index (Phi) is 2.56. The van der Waals surface area contributed by atoms with Gasteiger partial charge in [0.2, 0.25) is 0 Å². The van der Waals surface area contributed by atoms with Crippen LogP contribution in [0.15, 0.2) is 6.07 Å². The second kappa shape index (κ2) is 3.61. The first-order chi connectivity index (χ1) is 7.05. The highest BCUT2D eigenvalue weighted by atomic mass is 16.3. The maximum absolute atomic E-state index is 10.4. The van der Waals surface area contributed by atoms with Crippen LogP contribution < -0.4 is 5.73 Å². The molecule has 1 atom stereocenters. The molecule has 3 N–H and O–H groups in total. The number of aromatic nitrogens is 2. The zero-order valence-electron chi connectivity index (χ0n) is 9.40. The Morgan fingerprint density at radius 3 is 2.73 bits per heavy atom. The average Bonchev–Trinajstić information content (AvgIpc) is 2.96. The van der Waals surface area contributed by atoms with E-state index in [4.69, 9.17) is 5.73 Å². The molecule has 1 aliphatic rings. The van der Waals surface area contributed by atoms with E-state index in [1.807, 2.05) is 24.7 Å². The molecule has 15 heavy (non-hydrogen) atoms. The molecule has 0 amide bonds. The van der Waals surface area contributed by atoms with Crippen molar-refractivity contribution in [3.05, 3.63) is 17.5 Å². The van der Waals surface area contributed by atoms with Gasteiger partial charge in [0.1, 0.15) is 0 Å². The number of aryl methyl sites for hydroxylation is 2. The molecule has 4 heteroatoms. The molecule has 0 saturated heterocycles. The van der Waals surface area contributed by atoms with Gasteiger partial charge in [-0.3, -0.25) is 4.68 Å². The molecule has 2 rings (SSSR count). The van der Waals surface area contributed by atoms with E-state index in [9.17, 15) is 5.11 Å². The summed E-state index contributed by atoms with van der Waals surface area (Å²) < 4.78 is 1.83. The topological polar surface area (TPSA) is 64.1 Å². The number of aliphatic hydroxyl groups is 1. The first kappa shape index (κ1) is 10.6. The molecule has 1 aliphatic carbocycles. The van der Waals surface area contributed by atoms with Crippen molar-refractivity contribution in [3.63, 3.8) is 0 Å². The standard InChI is InChI=1S/C11H19N3O/c1-8-5-10(14(2)13-8)6-11(15,7-12)9-3-4-9/h5,9,15H,3-4,6-7,12H2,1-2H3. The van der Waals surface area contributed by atoms with Crippen molar-refractivity contribution in [2.24, 2.45) is 18.7 Å². The molecule has 1 aromatic heterocycles. The molecule has 1 unspecified atom stereocenters. The lowest BCUT2D eigenvalue weighted by molar-refractivity contribution is 0.0250. The molecule has 1 aromatic rings. The van der Waals surface area contributed by atoms with Crippen molar-refractivity contribution in [3.8, 4) is 0 Å². The predicted molar refractivity (Wildman–Crippen MR) is 58.4 cm³/mol. The Hall–Kier alpha value is -0.870. The van der Waals surface area contributed by atoms with Gasteiger partial charge in [0.15, 0.2) is 0 Å². The highest BCUT2D eigenvalue weighted by Gasteiger charge is 2.43. The first-order valence-corrected chi connectivity index (χ1v) is 5.47. The maximum Gasteiger partial charge on any atom is 0.0852 e. The Labute approximate surface area is 90.1 Å². The molecule has 0 bridgehead atoms. The van der Waals surface area contributed by atoms with Gasteiger partial charge in [0.05, 0.1) is 11.3 Å². The highest BCUT2D eigenvalue weighted by Crippen LogP contribution is 2.40. The zero-order chi connectivity index (χ0) is 11.1. The molecule has 84 valence electrons. The summed E-state index contributed by atoms with van der Waals surface area (Å²) in [6.45, 7) is 2.30. The number of hydrogen-bond donors (Lipinski definition) is 2. The van der Waals surface area contributed by atoms with Gasteiger partial charge in [-0.25, -0.2) is 0 Å². The summed E-state index contributed by atoms with van der Waals surface area (Å²) in [4.78, 5) is 0. The Balaban J connectivity index is 2.15. The van der Waals surface area contributed by atoms with Crippen LogP contribution in [0.25, 0.3) is 0 Å². The maximum atomic E-state index is 10.4. The van der Waals surface area contributed by atoms with Gasteiger partial charge in [-0.2, -0.15) is 5.10 Å². The van der Waals surface area contributed by atoms with Gasteiger partial charge in [-0.05, 0) is 31.7 Å². The van der Waals surface area contributed by atoms with Gasteiger partial charge < -0.3 is 10.8 Å². The lowest BCUT2D eigenvalue weighted by atomic mass is 9.92. The molecular weight excluding hydrogens is 190 g/mol. The summed E-state index contributed by atoms with van der Waals surface area (Å²) in [5.74, 6) is 0.387. The van der Waals surface area contributed by atoms with Gasteiger partial charge >= 0.3 is 0 Å². The van der Waals surface area contributed by atoms with E-state index in [1.54, 1.807) is 0 Å². The van der Waals surface area contributed by atoms with Crippen molar-refractivity contribution in [2.45, 2.75) is 31.8 Å². The summed E-state index contributed by atoms with van der Waals surface area (Å²) in [5, 5.41) is 14.7. The van der Waals surface area contributed by atoms with Crippen molar-refractivity contribution in [1.82, 2.24) is 9.78 Å². The minimum absolute atomic E-state index is 0.335. The number of hydrogen-bond acceptors (Lipinski definition) is 3. The SMILES string of the molecule is Cc1cc(CC(O)(CN)C2CC2)n(C)n1. The summed E-state index contributed by atoms with van der Waals surface area (Å²) in [7, 11) is 1.91. The van der Waals surface area contributed by atoms with E-state index in [0.717, 1.165) is 24.2 Å². The lowest BCUT2D eigenvalue weighted by Crippen LogP contribution is -2.42. The van der Waals surface area contributed by atoms with Crippen LogP contribution in [0.2, 0.25) is 0 Å². The van der Waals surface area contributed by atoms with E-state index < -0.39 is 5.60 Å². The van der Waals surface area contributed by atoms with Crippen molar-refractivity contribution >= 4 is 0 Å². The van der Waals surface area contributed by atoms with Crippen LogP contribution in [0.5, 0.6) is 0 Å². The summed E-state index contributed by atoms with van der Waals surface area (Å²) in [6, 6.07) is 2.02. The van der Waals surface area contributed by atoms with E-state index in [0.29, 0.717) is 18.9 Å². The normalized spacial score (nSPS) is 20.3. The molecule has 0 spiro atoms. The van der Waals surface area contributed by atoms with Gasteiger partial charge in [-0.15, -0.1) is 0 Å². The van der Waals surface area contributed by atoms with Crippen LogP contribution in [0.3, 0.4) is 0 Å². The molecule has 1 fully saturated rings. The molecule has 0 aliphatic heterocycles. The fourth-order valence-electron chi connectivity index (χ4n) is 2.15. The third-order valence-electron chi connectivity index (χ3n) is 3.28. The fourth-order valence-corrected chi connectivity index (χ4v) is 2.15. The van der Waals surface area contributed by atoms with E-state index in [1.165, 1.54) is 0 Å². The molecule has 4 nitrogen and oxygen atoms in total. The van der Waals surface area contributed by atoms with E-state index >= 15 is 0 Å². The molecule has 0 radical (unpaired) electrons. The monoisotopic (exact) mass is 209 g/mol. The second-order valence-electron chi connectivity index (χ2n) is 4.66. The molecule has 1 saturated carbocycles. The quantitative estimate of drug-likeness (QED) is 0.753. The average molecular weight is 209 g/mol. The Morgan fingerprint density at radius 2 is 2.33 bits per heavy atom. The van der Waals surface area contributed by atoms with E-state index in [-0.39, 0.29) is 0 Å². The van der Waals surface area contributed by atoms with Crippen LogP contribution in [-0.4, -0.2) is 27.0 Å². The highest BCUT2D eigenvalue weighted by molar-refractivity contribution is 5.13. The number of nitrogens with two attached hydrogens (primary N) is 1. The van der Waals surface area contributed by atoms with Crippen LogP contribution in [0, 0.1) is 12.8 Å². The van der Waals surface area contributed by atoms with Gasteiger partial charge in [-0.1, -0.05) is 0 Å². The summed E-state index contributed by atoms with van der Waals surface area (Å²) in [5.41, 5.74) is 7.00. The van der Waals surface area contributed by atoms with Crippen molar-refractivity contribution in [2.75, 3.05) is 6.54 Å². The predicted octanol–water partition coefficient (Wildman–Crippen LogP) is 0.371. The molecule has 1 heterocycles. The van der Waals surface area contributed by atoms with Crippen LogP contribution in [0.4, 0.5) is 0 Å². The van der Waals surface area contributed by atoms with Crippen LogP contribution >= 0.6 is 0 Å². The fraction of sp³-hybridized carbons (Fsp3) is 0.727. The minimum Gasteiger partial charge on any atom is -0.388 e. The lowest BCUT2D eigenvalue weighted by Gasteiger charge is -2.26. The summed E-state index contributed by atoms with van der Waals surface area (Å²) in [6.07, 6.45) is 2.82. The van der Waals surface area contributed by atoms with Gasteiger partial charge in [0.25, 0.3) is 0 Å². The molecular formula is C11H19N3O. The van der Waals surface area contributed by atoms with Crippen molar-refractivity contribution < 1.29 is 5.11 Å². The largest absolute Gasteiger partial charge is 0.388 e. The number of rotatable bonds is 4. The Bertz CT molecular complexity index is 357. The third-order valence-corrected chi connectivity index (χ3v) is 3.28. The van der Waals surface area contributed by atoms with Crippen LogP contribution in [-0.2, 0) is 13.5 Å². The third kappa shape index (κ3) is 2.06. The Morgan fingerprint density at radius 1 is 1.67 bits per heavy atom. The smallest absolute Gasteiger partial charge is 0.0852 e.